The highest BCUT2D eigenvalue weighted by Crippen LogP contribution is 1.95. The van der Waals surface area contributed by atoms with E-state index in [1.165, 1.54) is 0 Å². The van der Waals surface area contributed by atoms with E-state index in [1.807, 2.05) is 18.9 Å². The molecule has 12 heavy (non-hydrogen) atoms. The minimum absolute atomic E-state index is 0.138. The van der Waals surface area contributed by atoms with E-state index in [-0.39, 0.29) is 5.97 Å². The normalized spacial score (nSPS) is 10.8. The molecule has 0 atom stereocenters. The molecule has 0 radical (unpaired) electrons. The van der Waals surface area contributed by atoms with Crippen LogP contribution in [-0.4, -0.2) is 37.6 Å². The number of nitrogens with zero attached hydrogens (tertiary/aromatic N) is 1. The topological polar surface area (TPSA) is 29.5 Å². The van der Waals surface area contributed by atoms with Crippen LogP contribution in [0, 0.1) is 5.92 Å². The summed E-state index contributed by atoms with van der Waals surface area (Å²) in [6, 6.07) is 0. The molecule has 0 bridgehead atoms. The monoisotopic (exact) mass is 173 g/mol. The lowest BCUT2D eigenvalue weighted by molar-refractivity contribution is -0.144. The van der Waals surface area contributed by atoms with Gasteiger partial charge in [-0.1, -0.05) is 13.8 Å². The first-order valence-electron chi connectivity index (χ1n) is 4.40. The molecule has 3 heteroatoms. The van der Waals surface area contributed by atoms with Crippen LogP contribution in [0.25, 0.3) is 0 Å². The molecule has 0 aromatic rings. The van der Waals surface area contributed by atoms with Gasteiger partial charge in [0.05, 0.1) is 13.2 Å². The van der Waals surface area contributed by atoms with E-state index >= 15 is 0 Å². The Morgan fingerprint density at radius 3 is 2.50 bits per heavy atom. The first-order chi connectivity index (χ1) is 5.56. The summed E-state index contributed by atoms with van der Waals surface area (Å²) in [5, 5.41) is 0. The minimum atomic E-state index is -0.138. The quantitative estimate of drug-likeness (QED) is 0.584. The molecule has 0 saturated carbocycles. The predicted octanol–water partition coefficient (Wildman–Crippen LogP) is 1.14. The van der Waals surface area contributed by atoms with Gasteiger partial charge in [0, 0.05) is 6.54 Å². The van der Waals surface area contributed by atoms with Crippen molar-refractivity contribution < 1.29 is 9.53 Å². The van der Waals surface area contributed by atoms with Crippen molar-refractivity contribution >= 4 is 5.97 Å². The highest BCUT2D eigenvalue weighted by Gasteiger charge is 2.07. The zero-order valence-corrected chi connectivity index (χ0v) is 8.46. The Morgan fingerprint density at radius 2 is 2.08 bits per heavy atom. The number of carbonyl (C=O) groups excluding carboxylic acids is 1. The van der Waals surface area contributed by atoms with Crippen LogP contribution in [0.15, 0.2) is 0 Å². The molecule has 0 aromatic heterocycles. The third-order valence-corrected chi connectivity index (χ3v) is 1.38. The Kier molecular flexibility index (Phi) is 5.72. The van der Waals surface area contributed by atoms with Gasteiger partial charge < -0.3 is 4.74 Å². The van der Waals surface area contributed by atoms with E-state index < -0.39 is 0 Å². The maximum absolute atomic E-state index is 11.0. The molecule has 0 aliphatic heterocycles. The summed E-state index contributed by atoms with van der Waals surface area (Å²) in [6.07, 6.45) is 0. The second-order valence-corrected chi connectivity index (χ2v) is 3.40. The van der Waals surface area contributed by atoms with Gasteiger partial charge >= 0.3 is 5.97 Å². The molecule has 0 aliphatic carbocycles. The maximum atomic E-state index is 11.0. The summed E-state index contributed by atoms with van der Waals surface area (Å²) in [7, 11) is 1.93. The van der Waals surface area contributed by atoms with E-state index in [4.69, 9.17) is 4.74 Å². The van der Waals surface area contributed by atoms with Crippen LogP contribution < -0.4 is 0 Å². The van der Waals surface area contributed by atoms with Crippen LogP contribution in [0.2, 0.25) is 0 Å². The van der Waals surface area contributed by atoms with Gasteiger partial charge in [0.1, 0.15) is 0 Å². The van der Waals surface area contributed by atoms with Crippen molar-refractivity contribution in [2.45, 2.75) is 20.8 Å². The van der Waals surface area contributed by atoms with Crippen LogP contribution in [0.5, 0.6) is 0 Å². The van der Waals surface area contributed by atoms with Gasteiger partial charge in [-0.25, -0.2) is 0 Å². The van der Waals surface area contributed by atoms with Crippen LogP contribution >= 0.6 is 0 Å². The van der Waals surface area contributed by atoms with Crippen molar-refractivity contribution in [3.63, 3.8) is 0 Å². The molecule has 0 amide bonds. The van der Waals surface area contributed by atoms with E-state index in [0.29, 0.717) is 19.1 Å². The molecule has 0 heterocycles. The second-order valence-electron chi connectivity index (χ2n) is 3.40. The van der Waals surface area contributed by atoms with E-state index in [1.54, 1.807) is 0 Å². The molecule has 0 spiro atoms. The molecule has 0 rings (SSSR count). The summed E-state index contributed by atoms with van der Waals surface area (Å²) in [4.78, 5) is 12.9. The lowest BCUT2D eigenvalue weighted by atomic mass is 10.2. The number of ether oxygens (including phenoxy) is 1. The Bertz CT molecular complexity index is 134. The largest absolute Gasteiger partial charge is 0.465 e. The average molecular weight is 173 g/mol. The fourth-order valence-electron chi connectivity index (χ4n) is 1.11. The van der Waals surface area contributed by atoms with E-state index in [9.17, 15) is 4.79 Å². The third kappa shape index (κ3) is 6.16. The van der Waals surface area contributed by atoms with Gasteiger partial charge in [-0.05, 0) is 19.9 Å². The highest BCUT2D eigenvalue weighted by molar-refractivity contribution is 5.71. The van der Waals surface area contributed by atoms with Gasteiger partial charge in [0.25, 0.3) is 0 Å². The van der Waals surface area contributed by atoms with Crippen molar-refractivity contribution in [2.24, 2.45) is 5.92 Å². The van der Waals surface area contributed by atoms with Crippen LogP contribution in [0.4, 0.5) is 0 Å². The SMILES string of the molecule is CCOC(=O)CN(C)CC(C)C. The zero-order chi connectivity index (χ0) is 9.56. The molecular formula is C9H19NO2. The van der Waals surface area contributed by atoms with E-state index in [0.717, 1.165) is 6.54 Å². The molecule has 0 unspecified atom stereocenters. The molecule has 0 aromatic carbocycles. The Balaban J connectivity index is 3.54. The number of rotatable bonds is 5. The van der Waals surface area contributed by atoms with Crippen molar-refractivity contribution in [2.75, 3.05) is 26.7 Å². The van der Waals surface area contributed by atoms with Gasteiger partial charge in [-0.2, -0.15) is 0 Å². The fourth-order valence-corrected chi connectivity index (χ4v) is 1.11. The van der Waals surface area contributed by atoms with Crippen molar-refractivity contribution in [1.29, 1.82) is 0 Å². The fraction of sp³-hybridized carbons (Fsp3) is 0.889. The molecule has 0 N–H and O–H groups in total. The van der Waals surface area contributed by atoms with Crippen molar-refractivity contribution in [1.82, 2.24) is 4.90 Å². The lowest BCUT2D eigenvalue weighted by Gasteiger charge is -2.17. The smallest absolute Gasteiger partial charge is 0.320 e. The molecule has 72 valence electrons. The first-order valence-corrected chi connectivity index (χ1v) is 4.40. The third-order valence-electron chi connectivity index (χ3n) is 1.38. The average Bonchev–Trinajstić information content (AvgIpc) is 1.84. The molecule has 0 fully saturated rings. The first kappa shape index (κ1) is 11.4. The molecule has 3 nitrogen and oxygen atoms in total. The Labute approximate surface area is 74.7 Å². The standard InChI is InChI=1S/C9H19NO2/c1-5-12-9(11)7-10(4)6-8(2)3/h8H,5-7H2,1-4H3. The Hall–Kier alpha value is -0.570. The Morgan fingerprint density at radius 1 is 1.50 bits per heavy atom. The highest BCUT2D eigenvalue weighted by atomic mass is 16.5. The summed E-state index contributed by atoms with van der Waals surface area (Å²) >= 11 is 0. The second kappa shape index (κ2) is 6.00. The van der Waals surface area contributed by atoms with Crippen LogP contribution in [0.3, 0.4) is 0 Å². The number of esters is 1. The van der Waals surface area contributed by atoms with Crippen molar-refractivity contribution in [3.8, 4) is 0 Å². The number of hydrogen-bond acceptors (Lipinski definition) is 3. The van der Waals surface area contributed by atoms with Gasteiger partial charge in [0.15, 0.2) is 0 Å². The zero-order valence-electron chi connectivity index (χ0n) is 8.46. The van der Waals surface area contributed by atoms with Crippen LogP contribution in [-0.2, 0) is 9.53 Å². The van der Waals surface area contributed by atoms with Gasteiger partial charge in [0.2, 0.25) is 0 Å². The summed E-state index contributed by atoms with van der Waals surface area (Å²) in [6.45, 7) is 7.86. The predicted molar refractivity (Wildman–Crippen MR) is 49.0 cm³/mol. The molecular weight excluding hydrogens is 154 g/mol. The van der Waals surface area contributed by atoms with Crippen molar-refractivity contribution in [3.05, 3.63) is 0 Å². The van der Waals surface area contributed by atoms with Gasteiger partial charge in [-0.3, -0.25) is 9.69 Å². The molecule has 0 saturated heterocycles. The summed E-state index contributed by atoms with van der Waals surface area (Å²) in [5.41, 5.74) is 0. The van der Waals surface area contributed by atoms with E-state index in [2.05, 4.69) is 13.8 Å². The lowest BCUT2D eigenvalue weighted by Crippen LogP contribution is -2.30. The summed E-state index contributed by atoms with van der Waals surface area (Å²) in [5.74, 6) is 0.449. The van der Waals surface area contributed by atoms with Gasteiger partial charge in [-0.15, -0.1) is 0 Å². The number of hydrogen-bond donors (Lipinski definition) is 0. The number of carbonyl (C=O) groups is 1. The van der Waals surface area contributed by atoms with Crippen LogP contribution in [0.1, 0.15) is 20.8 Å². The minimum Gasteiger partial charge on any atom is -0.465 e. The molecule has 0 aliphatic rings. The summed E-state index contributed by atoms with van der Waals surface area (Å²) < 4.78 is 4.81. The maximum Gasteiger partial charge on any atom is 0.320 e. The number of likely N-dealkylation sites (N-methyl/N-ethyl adjacent to an activating group) is 1.